The summed E-state index contributed by atoms with van der Waals surface area (Å²) in [5.74, 6) is 2.76. The number of carbonyl (C=O) groups excluding carboxylic acids is 1. The van der Waals surface area contributed by atoms with Crippen molar-refractivity contribution in [2.75, 3.05) is 18.4 Å². The number of nitrogens with one attached hydrogen (secondary N) is 2. The first-order valence-electron chi connectivity index (χ1n) is 8.65. The molecular formula is C19H20F3N3O2. The number of carbonyl (C=O) groups is 1. The normalized spacial score (nSPS) is 19.3. The van der Waals surface area contributed by atoms with E-state index in [2.05, 4.69) is 22.5 Å². The minimum absolute atomic E-state index is 0.282. The number of hydrogen-bond donors (Lipinski definition) is 2. The molecule has 0 aromatic carbocycles. The van der Waals surface area contributed by atoms with Gasteiger partial charge in [-0.3, -0.25) is 4.79 Å². The van der Waals surface area contributed by atoms with E-state index in [-0.39, 0.29) is 5.91 Å². The van der Waals surface area contributed by atoms with Crippen LogP contribution < -0.4 is 10.6 Å². The van der Waals surface area contributed by atoms with Crippen molar-refractivity contribution in [3.63, 3.8) is 0 Å². The van der Waals surface area contributed by atoms with Crippen molar-refractivity contribution in [3.05, 3.63) is 53.6 Å². The lowest BCUT2D eigenvalue weighted by Crippen LogP contribution is -2.27. The van der Waals surface area contributed by atoms with Gasteiger partial charge in [0.05, 0.1) is 5.56 Å². The molecule has 0 spiro atoms. The van der Waals surface area contributed by atoms with Crippen LogP contribution in [0.5, 0.6) is 0 Å². The maximum Gasteiger partial charge on any atom is 0.417 e. The number of furan rings is 1. The van der Waals surface area contributed by atoms with Gasteiger partial charge in [-0.05, 0) is 42.7 Å². The molecule has 2 atom stereocenters. The van der Waals surface area contributed by atoms with Crippen LogP contribution >= 0.6 is 0 Å². The first kappa shape index (κ1) is 19.0. The van der Waals surface area contributed by atoms with Gasteiger partial charge in [0.1, 0.15) is 17.3 Å². The van der Waals surface area contributed by atoms with Gasteiger partial charge in [-0.2, -0.15) is 13.2 Å². The molecule has 8 heteroatoms. The Morgan fingerprint density at radius 2 is 2.07 bits per heavy atom. The number of hydrogen-bond acceptors (Lipinski definition) is 4. The zero-order valence-corrected chi connectivity index (χ0v) is 14.7. The minimum Gasteiger partial charge on any atom is -0.461 e. The van der Waals surface area contributed by atoms with E-state index in [0.717, 1.165) is 24.4 Å². The summed E-state index contributed by atoms with van der Waals surface area (Å²) in [4.78, 5) is 15.5. The summed E-state index contributed by atoms with van der Waals surface area (Å²) in [6.07, 6.45) is 0.491. The van der Waals surface area contributed by atoms with Gasteiger partial charge in [0.2, 0.25) is 5.91 Å². The molecule has 0 saturated heterocycles. The Morgan fingerprint density at radius 3 is 2.70 bits per heavy atom. The fourth-order valence-electron chi connectivity index (χ4n) is 2.63. The number of pyridine rings is 1. The topological polar surface area (TPSA) is 67.2 Å². The lowest BCUT2D eigenvalue weighted by atomic mass is 10.3. The SMILES string of the molecule is C[C@@H]1C[C@@H]1c1ccc(/C=C/C(=O)NCCNc2ccc(C(F)(F)F)cn2)o1. The van der Waals surface area contributed by atoms with Crippen LogP contribution in [0.4, 0.5) is 19.0 Å². The third-order valence-electron chi connectivity index (χ3n) is 4.34. The largest absolute Gasteiger partial charge is 0.461 e. The molecule has 0 bridgehead atoms. The van der Waals surface area contributed by atoms with Crippen molar-refractivity contribution >= 4 is 17.8 Å². The summed E-state index contributed by atoms with van der Waals surface area (Å²) in [5.41, 5.74) is -0.802. The quantitative estimate of drug-likeness (QED) is 0.562. The number of halogens is 3. The van der Waals surface area contributed by atoms with E-state index in [4.69, 9.17) is 4.42 Å². The molecule has 1 amide bonds. The fourth-order valence-corrected chi connectivity index (χ4v) is 2.63. The highest BCUT2D eigenvalue weighted by Crippen LogP contribution is 2.47. The molecule has 5 nitrogen and oxygen atoms in total. The average Bonchev–Trinajstić information content (AvgIpc) is 3.17. The number of alkyl halides is 3. The summed E-state index contributed by atoms with van der Waals surface area (Å²) in [5, 5.41) is 5.51. The van der Waals surface area contributed by atoms with E-state index in [1.807, 2.05) is 12.1 Å². The Morgan fingerprint density at radius 1 is 1.30 bits per heavy atom. The van der Waals surface area contributed by atoms with E-state index in [1.165, 1.54) is 12.1 Å². The van der Waals surface area contributed by atoms with Gasteiger partial charge in [0.25, 0.3) is 0 Å². The second-order valence-electron chi connectivity index (χ2n) is 6.54. The first-order chi connectivity index (χ1) is 12.8. The second kappa shape index (κ2) is 7.85. The molecule has 1 aliphatic carbocycles. The zero-order valence-electron chi connectivity index (χ0n) is 14.7. The van der Waals surface area contributed by atoms with Crippen molar-refractivity contribution in [1.29, 1.82) is 0 Å². The predicted molar refractivity (Wildman–Crippen MR) is 95.0 cm³/mol. The number of anilines is 1. The van der Waals surface area contributed by atoms with Crippen molar-refractivity contribution in [3.8, 4) is 0 Å². The smallest absolute Gasteiger partial charge is 0.417 e. The van der Waals surface area contributed by atoms with E-state index in [0.29, 0.717) is 36.5 Å². The molecule has 0 unspecified atom stereocenters. The molecule has 1 aliphatic rings. The standard InChI is InChI=1S/C19H20F3N3O2/c1-12-10-15(12)16-5-3-14(27-16)4-7-18(26)24-9-8-23-17-6-2-13(11-25-17)19(20,21)22/h2-7,11-12,15H,8-10H2,1H3,(H,23,25)(H,24,26)/b7-4+/t12-,15+/m1/s1. The molecule has 3 rings (SSSR count). The van der Waals surface area contributed by atoms with Crippen molar-refractivity contribution in [1.82, 2.24) is 10.3 Å². The third kappa shape index (κ3) is 5.35. The predicted octanol–water partition coefficient (Wildman–Crippen LogP) is 4.06. The van der Waals surface area contributed by atoms with Crippen molar-refractivity contribution in [2.24, 2.45) is 5.92 Å². The van der Waals surface area contributed by atoms with Crippen LogP contribution in [0.3, 0.4) is 0 Å². The Labute approximate surface area is 154 Å². The molecule has 1 saturated carbocycles. The van der Waals surface area contributed by atoms with Gasteiger partial charge < -0.3 is 15.1 Å². The average molecular weight is 379 g/mol. The highest BCUT2D eigenvalue weighted by Gasteiger charge is 2.36. The second-order valence-corrected chi connectivity index (χ2v) is 6.54. The summed E-state index contributed by atoms with van der Waals surface area (Å²) in [7, 11) is 0. The molecule has 2 N–H and O–H groups in total. The van der Waals surface area contributed by atoms with Crippen molar-refractivity contribution in [2.45, 2.75) is 25.4 Å². The zero-order chi connectivity index (χ0) is 19.4. The lowest BCUT2D eigenvalue weighted by molar-refractivity contribution is -0.137. The molecule has 144 valence electrons. The van der Waals surface area contributed by atoms with Gasteiger partial charge in [0, 0.05) is 31.3 Å². The molecule has 0 aliphatic heterocycles. The maximum atomic E-state index is 12.5. The summed E-state index contributed by atoms with van der Waals surface area (Å²) >= 11 is 0. The fraction of sp³-hybridized carbons (Fsp3) is 0.368. The van der Waals surface area contributed by atoms with Crippen LogP contribution in [0.2, 0.25) is 0 Å². The van der Waals surface area contributed by atoms with E-state index in [1.54, 1.807) is 6.08 Å². The molecular weight excluding hydrogens is 359 g/mol. The van der Waals surface area contributed by atoms with Gasteiger partial charge in [-0.25, -0.2) is 4.98 Å². The monoisotopic (exact) mass is 379 g/mol. The Hall–Kier alpha value is -2.77. The summed E-state index contributed by atoms with van der Waals surface area (Å²) < 4.78 is 43.0. The Bertz CT molecular complexity index is 812. The van der Waals surface area contributed by atoms with Crippen LogP contribution in [0.15, 0.2) is 41.0 Å². The Kier molecular flexibility index (Phi) is 5.53. The van der Waals surface area contributed by atoms with Crippen LogP contribution in [0.1, 0.15) is 36.3 Å². The first-order valence-corrected chi connectivity index (χ1v) is 8.65. The number of rotatable bonds is 7. The molecule has 27 heavy (non-hydrogen) atoms. The molecule has 2 aromatic rings. The van der Waals surface area contributed by atoms with Gasteiger partial charge in [-0.1, -0.05) is 6.92 Å². The molecule has 0 radical (unpaired) electrons. The summed E-state index contributed by atoms with van der Waals surface area (Å²) in [6, 6.07) is 5.98. The number of amides is 1. The third-order valence-corrected chi connectivity index (χ3v) is 4.34. The highest BCUT2D eigenvalue weighted by atomic mass is 19.4. The van der Waals surface area contributed by atoms with Gasteiger partial charge in [0.15, 0.2) is 0 Å². The Balaban J connectivity index is 1.37. The minimum atomic E-state index is -4.41. The van der Waals surface area contributed by atoms with Crippen LogP contribution in [0, 0.1) is 5.92 Å². The van der Waals surface area contributed by atoms with Gasteiger partial charge in [-0.15, -0.1) is 0 Å². The summed E-state index contributed by atoms with van der Waals surface area (Å²) in [6.45, 7) is 2.81. The van der Waals surface area contributed by atoms with Crippen LogP contribution in [0.25, 0.3) is 6.08 Å². The molecule has 2 heterocycles. The van der Waals surface area contributed by atoms with E-state index >= 15 is 0 Å². The van der Waals surface area contributed by atoms with E-state index < -0.39 is 11.7 Å². The maximum absolute atomic E-state index is 12.5. The molecule has 2 aromatic heterocycles. The number of nitrogens with zero attached hydrogens (tertiary/aromatic N) is 1. The molecule has 1 fully saturated rings. The number of aromatic nitrogens is 1. The van der Waals surface area contributed by atoms with Crippen LogP contribution in [-0.2, 0) is 11.0 Å². The van der Waals surface area contributed by atoms with Gasteiger partial charge >= 0.3 is 6.18 Å². The van der Waals surface area contributed by atoms with E-state index in [9.17, 15) is 18.0 Å². The highest BCUT2D eigenvalue weighted by molar-refractivity contribution is 5.91. The lowest BCUT2D eigenvalue weighted by Gasteiger charge is -2.08. The van der Waals surface area contributed by atoms with Crippen molar-refractivity contribution < 1.29 is 22.4 Å². The van der Waals surface area contributed by atoms with Crippen LogP contribution in [-0.4, -0.2) is 24.0 Å².